The summed E-state index contributed by atoms with van der Waals surface area (Å²) in [4.78, 5) is 22.7. The van der Waals surface area contributed by atoms with Crippen molar-refractivity contribution in [3.63, 3.8) is 0 Å². The van der Waals surface area contributed by atoms with Gasteiger partial charge in [0.25, 0.3) is 5.91 Å². The molecule has 37 heavy (non-hydrogen) atoms. The van der Waals surface area contributed by atoms with Crippen molar-refractivity contribution in [3.05, 3.63) is 60.2 Å². The fourth-order valence-corrected chi connectivity index (χ4v) is 3.97. The van der Waals surface area contributed by atoms with Gasteiger partial charge in [0.15, 0.2) is 23.0 Å². The van der Waals surface area contributed by atoms with Gasteiger partial charge in [0.1, 0.15) is 0 Å². The number of rotatable bonds is 9. The number of carbonyl (C=O) groups excluding carboxylic acids is 1. The molecule has 0 fully saturated rings. The summed E-state index contributed by atoms with van der Waals surface area (Å²) >= 11 is 0. The Morgan fingerprint density at radius 3 is 1.73 bits per heavy atom. The van der Waals surface area contributed by atoms with Crippen LogP contribution in [0.1, 0.15) is 30.6 Å². The maximum atomic E-state index is 12.8. The summed E-state index contributed by atoms with van der Waals surface area (Å²) in [5.41, 5.74) is 4.65. The van der Waals surface area contributed by atoms with Gasteiger partial charge < -0.3 is 24.3 Å². The average molecular weight is 502 g/mol. The first kappa shape index (κ1) is 25.8. The average Bonchev–Trinajstić information content (AvgIpc) is 2.95. The number of nitrogens with one attached hydrogen (secondary N) is 1. The lowest BCUT2D eigenvalue weighted by Crippen LogP contribution is -2.31. The first-order valence-electron chi connectivity index (χ1n) is 12.0. The van der Waals surface area contributed by atoms with Crippen LogP contribution >= 0.6 is 0 Å². The van der Waals surface area contributed by atoms with Gasteiger partial charge in [0.2, 0.25) is 0 Å². The van der Waals surface area contributed by atoms with E-state index in [1.165, 1.54) is 0 Å². The molecule has 1 heterocycles. The van der Waals surface area contributed by atoms with Gasteiger partial charge in [-0.25, -0.2) is 9.97 Å². The van der Waals surface area contributed by atoms with Crippen LogP contribution in [0.3, 0.4) is 0 Å². The molecule has 4 rings (SSSR count). The van der Waals surface area contributed by atoms with Gasteiger partial charge in [-0.1, -0.05) is 6.92 Å². The SMILES string of the molecule is CC[C@H](C)NC(=O)c1ccc2nc(-c3ccc(OC)c(OC)c3)c(-c3ccc(OC)c(OC)c3)nc2c1. The number of aromatic nitrogens is 2. The third kappa shape index (κ3) is 5.28. The molecule has 0 saturated heterocycles. The third-order valence-electron chi connectivity index (χ3n) is 6.23. The van der Waals surface area contributed by atoms with Crippen LogP contribution in [-0.2, 0) is 0 Å². The van der Waals surface area contributed by atoms with Crippen LogP contribution in [0.15, 0.2) is 54.6 Å². The van der Waals surface area contributed by atoms with Crippen LogP contribution < -0.4 is 24.3 Å². The lowest BCUT2D eigenvalue weighted by Gasteiger charge is -2.15. The van der Waals surface area contributed by atoms with Crippen LogP contribution in [0.25, 0.3) is 33.5 Å². The number of hydrogen-bond donors (Lipinski definition) is 1. The molecule has 0 aliphatic rings. The zero-order valence-electron chi connectivity index (χ0n) is 21.9. The second-order valence-corrected chi connectivity index (χ2v) is 8.55. The van der Waals surface area contributed by atoms with Crippen molar-refractivity contribution >= 4 is 16.9 Å². The Morgan fingerprint density at radius 2 is 1.24 bits per heavy atom. The van der Waals surface area contributed by atoms with Gasteiger partial charge >= 0.3 is 0 Å². The number of benzene rings is 3. The van der Waals surface area contributed by atoms with Crippen molar-refractivity contribution in [2.75, 3.05) is 28.4 Å². The predicted molar refractivity (Wildman–Crippen MR) is 144 cm³/mol. The molecule has 3 aromatic carbocycles. The van der Waals surface area contributed by atoms with Crippen molar-refractivity contribution in [1.82, 2.24) is 15.3 Å². The van der Waals surface area contributed by atoms with E-state index in [4.69, 9.17) is 28.9 Å². The minimum absolute atomic E-state index is 0.0732. The van der Waals surface area contributed by atoms with Crippen molar-refractivity contribution in [3.8, 4) is 45.5 Å². The van der Waals surface area contributed by atoms with Crippen molar-refractivity contribution < 1.29 is 23.7 Å². The van der Waals surface area contributed by atoms with E-state index in [0.29, 0.717) is 51.0 Å². The molecule has 0 radical (unpaired) electrons. The molecule has 0 aliphatic carbocycles. The first-order valence-corrected chi connectivity index (χ1v) is 12.0. The fourth-order valence-electron chi connectivity index (χ4n) is 3.97. The Balaban J connectivity index is 1.93. The van der Waals surface area contributed by atoms with E-state index >= 15 is 0 Å². The Bertz CT molecular complexity index is 1440. The number of carbonyl (C=O) groups is 1. The number of nitrogens with zero attached hydrogens (tertiary/aromatic N) is 2. The summed E-state index contributed by atoms with van der Waals surface area (Å²) < 4.78 is 21.9. The first-order chi connectivity index (χ1) is 17.9. The van der Waals surface area contributed by atoms with Crippen LogP contribution in [0.4, 0.5) is 0 Å². The van der Waals surface area contributed by atoms with Crippen LogP contribution in [0, 0.1) is 0 Å². The molecule has 4 aromatic rings. The van der Waals surface area contributed by atoms with E-state index in [2.05, 4.69) is 5.32 Å². The standard InChI is InChI=1S/C29H31N3O5/c1-7-17(2)30-29(33)20-8-11-21-22(14-20)32-28(19-10-13-24(35-4)26(16-19)37-6)27(31-21)18-9-12-23(34-3)25(15-18)36-5/h8-17H,7H2,1-6H3,(H,30,33)/t17-/m0/s1. The largest absolute Gasteiger partial charge is 0.493 e. The molecule has 0 aliphatic heterocycles. The topological polar surface area (TPSA) is 91.8 Å². The maximum Gasteiger partial charge on any atom is 0.251 e. The van der Waals surface area contributed by atoms with E-state index in [0.717, 1.165) is 17.5 Å². The minimum atomic E-state index is -0.144. The van der Waals surface area contributed by atoms with Gasteiger partial charge in [0, 0.05) is 22.7 Å². The highest BCUT2D eigenvalue weighted by atomic mass is 16.5. The smallest absolute Gasteiger partial charge is 0.251 e. The normalized spacial score (nSPS) is 11.6. The molecule has 8 nitrogen and oxygen atoms in total. The van der Waals surface area contributed by atoms with E-state index < -0.39 is 0 Å². The second kappa shape index (κ2) is 11.2. The summed E-state index contributed by atoms with van der Waals surface area (Å²) in [6.07, 6.45) is 0.845. The van der Waals surface area contributed by atoms with Crippen LogP contribution in [0.2, 0.25) is 0 Å². The molecule has 192 valence electrons. The summed E-state index contributed by atoms with van der Waals surface area (Å²) in [6.45, 7) is 4.01. The fraction of sp³-hybridized carbons (Fsp3) is 0.276. The molecule has 0 bridgehead atoms. The van der Waals surface area contributed by atoms with Crippen LogP contribution in [-0.4, -0.2) is 50.4 Å². The number of amides is 1. The Hall–Kier alpha value is -4.33. The third-order valence-corrected chi connectivity index (χ3v) is 6.23. The van der Waals surface area contributed by atoms with Crippen molar-refractivity contribution in [1.29, 1.82) is 0 Å². The van der Waals surface area contributed by atoms with Crippen molar-refractivity contribution in [2.24, 2.45) is 0 Å². The van der Waals surface area contributed by atoms with Gasteiger partial charge in [-0.3, -0.25) is 4.79 Å². The highest BCUT2D eigenvalue weighted by Crippen LogP contribution is 2.39. The molecule has 8 heteroatoms. The summed E-state index contributed by atoms with van der Waals surface area (Å²) in [5, 5.41) is 3.00. The molecular weight excluding hydrogens is 470 g/mol. The summed E-state index contributed by atoms with van der Waals surface area (Å²) in [7, 11) is 6.37. The number of fused-ring (bicyclic) bond motifs is 1. The van der Waals surface area contributed by atoms with Crippen molar-refractivity contribution in [2.45, 2.75) is 26.3 Å². The number of hydrogen-bond acceptors (Lipinski definition) is 7. The van der Waals surface area contributed by atoms with Gasteiger partial charge in [-0.05, 0) is 67.9 Å². The lowest BCUT2D eigenvalue weighted by atomic mass is 10.0. The second-order valence-electron chi connectivity index (χ2n) is 8.55. The Morgan fingerprint density at radius 1 is 0.730 bits per heavy atom. The molecule has 1 aromatic heterocycles. The zero-order chi connectivity index (χ0) is 26.5. The monoisotopic (exact) mass is 501 g/mol. The summed E-state index contributed by atoms with van der Waals surface area (Å²) in [6, 6.07) is 16.6. The van der Waals surface area contributed by atoms with E-state index in [9.17, 15) is 4.79 Å². The summed E-state index contributed by atoms with van der Waals surface area (Å²) in [5.74, 6) is 2.23. The van der Waals surface area contributed by atoms with Gasteiger partial charge in [-0.15, -0.1) is 0 Å². The zero-order valence-corrected chi connectivity index (χ0v) is 21.9. The molecule has 0 spiro atoms. The highest BCUT2D eigenvalue weighted by molar-refractivity contribution is 5.98. The van der Waals surface area contributed by atoms with Gasteiger partial charge in [-0.2, -0.15) is 0 Å². The molecular formula is C29H31N3O5. The number of ether oxygens (including phenoxy) is 4. The molecule has 1 amide bonds. The van der Waals surface area contributed by atoms with E-state index in [-0.39, 0.29) is 11.9 Å². The number of methoxy groups -OCH3 is 4. The highest BCUT2D eigenvalue weighted by Gasteiger charge is 2.18. The Kier molecular flexibility index (Phi) is 7.77. The van der Waals surface area contributed by atoms with Gasteiger partial charge in [0.05, 0.1) is 50.9 Å². The quantitative estimate of drug-likeness (QED) is 0.323. The molecule has 1 N–H and O–H groups in total. The lowest BCUT2D eigenvalue weighted by molar-refractivity contribution is 0.0939. The molecule has 0 unspecified atom stereocenters. The molecule has 0 saturated carbocycles. The van der Waals surface area contributed by atoms with E-state index in [1.807, 2.05) is 56.3 Å². The predicted octanol–water partition coefficient (Wildman–Crippen LogP) is 5.53. The van der Waals surface area contributed by atoms with E-state index in [1.54, 1.807) is 40.6 Å². The van der Waals surface area contributed by atoms with Crippen LogP contribution in [0.5, 0.6) is 23.0 Å². The Labute approximate surface area is 216 Å². The maximum absolute atomic E-state index is 12.8. The molecule has 1 atom stereocenters. The minimum Gasteiger partial charge on any atom is -0.493 e.